The number of phenolic OH excluding ortho intramolecular Hbond substituents is 3. The fourth-order valence-electron chi connectivity index (χ4n) is 2.99. The topological polar surface area (TPSA) is 201 Å². The van der Waals surface area contributed by atoms with Gasteiger partial charge in [0.15, 0.2) is 0 Å². The first-order valence-electron chi connectivity index (χ1n) is 11.9. The second-order valence-electron chi connectivity index (χ2n) is 8.77. The van der Waals surface area contributed by atoms with Crippen molar-refractivity contribution in [3.05, 3.63) is 122 Å². The van der Waals surface area contributed by atoms with E-state index in [0.29, 0.717) is 27.5 Å². The first-order valence-corrected chi connectivity index (χ1v) is 13.9. The van der Waals surface area contributed by atoms with Crippen molar-refractivity contribution in [2.24, 2.45) is 5.14 Å². The molecule has 0 aromatic heterocycles. The van der Waals surface area contributed by atoms with Gasteiger partial charge in [0.05, 0.1) is 15.4 Å². The predicted octanol–water partition coefficient (Wildman–Crippen LogP) is 6.64. The maximum Gasteiger partial charge on any atom is 0.335 e. The summed E-state index contributed by atoms with van der Waals surface area (Å²) in [6, 6.07) is 19.7. The number of non-ortho nitro benzene ring substituents is 1. The van der Waals surface area contributed by atoms with Gasteiger partial charge in [-0.15, -0.1) is 0 Å². The SMILES string of the molecule is C.Cc1cc(Cl)ccc1O.Cc1cc(S(N)(=O)=O)ccc1O.Cc1cc([N+](=O)[O-])ccc1O.Cc1ccccc1C(=O)O. The van der Waals surface area contributed by atoms with Gasteiger partial charge in [-0.2, -0.15) is 0 Å². The Morgan fingerprint density at radius 1 is 0.767 bits per heavy atom. The molecule has 11 nitrogen and oxygen atoms in total. The highest BCUT2D eigenvalue weighted by molar-refractivity contribution is 7.89. The third-order valence-corrected chi connectivity index (χ3v) is 6.57. The maximum atomic E-state index is 10.8. The van der Waals surface area contributed by atoms with Gasteiger partial charge in [-0.05, 0) is 98.5 Å². The summed E-state index contributed by atoms with van der Waals surface area (Å²) >= 11 is 5.61. The largest absolute Gasteiger partial charge is 0.508 e. The van der Waals surface area contributed by atoms with Crippen molar-refractivity contribution in [1.29, 1.82) is 0 Å². The molecule has 0 radical (unpaired) electrons. The lowest BCUT2D eigenvalue weighted by Crippen LogP contribution is -2.11. The number of hydrogen-bond donors (Lipinski definition) is 5. The van der Waals surface area contributed by atoms with Gasteiger partial charge in [0, 0.05) is 17.2 Å². The van der Waals surface area contributed by atoms with E-state index < -0.39 is 20.9 Å². The van der Waals surface area contributed by atoms with Crippen LogP contribution in [0.15, 0.2) is 83.8 Å². The Hall–Kier alpha value is -4.65. The molecule has 0 bridgehead atoms. The number of nitrogens with zero attached hydrogens (tertiary/aromatic N) is 1. The van der Waals surface area contributed by atoms with Gasteiger partial charge < -0.3 is 20.4 Å². The third-order valence-electron chi connectivity index (χ3n) is 5.42. The molecule has 0 saturated carbocycles. The first-order chi connectivity index (χ1) is 19.4. The Morgan fingerprint density at radius 2 is 1.23 bits per heavy atom. The molecule has 0 fully saturated rings. The van der Waals surface area contributed by atoms with Crippen LogP contribution in [0.5, 0.6) is 17.2 Å². The number of nitro benzene ring substituents is 1. The molecular weight excluding hydrogens is 600 g/mol. The number of carboxylic acids is 1. The number of benzene rings is 4. The molecule has 4 rings (SSSR count). The monoisotopic (exact) mass is 634 g/mol. The molecule has 13 heteroatoms. The van der Waals surface area contributed by atoms with E-state index in [0.717, 1.165) is 11.1 Å². The number of carboxylic acid groups (broad SMARTS) is 1. The smallest absolute Gasteiger partial charge is 0.335 e. The van der Waals surface area contributed by atoms with Gasteiger partial charge in [0.2, 0.25) is 10.0 Å². The van der Waals surface area contributed by atoms with E-state index in [9.17, 15) is 23.3 Å². The van der Waals surface area contributed by atoms with E-state index in [2.05, 4.69) is 0 Å². The van der Waals surface area contributed by atoms with Crippen LogP contribution in [0.4, 0.5) is 5.69 Å². The van der Waals surface area contributed by atoms with Gasteiger partial charge in [-0.25, -0.2) is 18.4 Å². The van der Waals surface area contributed by atoms with Crippen molar-refractivity contribution in [2.75, 3.05) is 0 Å². The van der Waals surface area contributed by atoms with E-state index >= 15 is 0 Å². The Labute approximate surface area is 255 Å². The lowest BCUT2D eigenvalue weighted by molar-refractivity contribution is -0.384. The summed E-state index contributed by atoms with van der Waals surface area (Å²) in [5.41, 5.74) is 2.99. The van der Waals surface area contributed by atoms with Crippen LogP contribution in [0.1, 0.15) is 40.0 Å². The Bertz CT molecular complexity index is 1660. The molecule has 0 saturated heterocycles. The van der Waals surface area contributed by atoms with Crippen LogP contribution in [0.2, 0.25) is 5.02 Å². The summed E-state index contributed by atoms with van der Waals surface area (Å²) < 4.78 is 21.6. The second-order valence-corrected chi connectivity index (χ2v) is 10.8. The Kier molecular flexibility index (Phi) is 15.5. The zero-order valence-corrected chi connectivity index (χ0v) is 24.7. The molecule has 4 aromatic rings. The Morgan fingerprint density at radius 3 is 1.60 bits per heavy atom. The quantitative estimate of drug-likeness (QED) is 0.121. The van der Waals surface area contributed by atoms with Crippen LogP contribution in [-0.2, 0) is 10.0 Å². The van der Waals surface area contributed by atoms with Crippen LogP contribution < -0.4 is 5.14 Å². The molecule has 0 aliphatic rings. The van der Waals surface area contributed by atoms with Crippen molar-refractivity contribution in [3.63, 3.8) is 0 Å². The minimum Gasteiger partial charge on any atom is -0.508 e. The van der Waals surface area contributed by atoms with Crippen molar-refractivity contribution in [3.8, 4) is 17.2 Å². The van der Waals surface area contributed by atoms with Gasteiger partial charge in [-0.1, -0.05) is 37.2 Å². The van der Waals surface area contributed by atoms with Gasteiger partial charge in [-0.3, -0.25) is 10.1 Å². The fraction of sp³-hybridized carbons (Fsp3) is 0.167. The van der Waals surface area contributed by atoms with Crippen LogP contribution in [0, 0.1) is 37.8 Å². The average molecular weight is 635 g/mol. The number of primary sulfonamides is 1. The van der Waals surface area contributed by atoms with Crippen molar-refractivity contribution >= 4 is 33.3 Å². The molecule has 0 atom stereocenters. The molecule has 0 spiro atoms. The van der Waals surface area contributed by atoms with Gasteiger partial charge >= 0.3 is 5.97 Å². The number of rotatable bonds is 3. The molecule has 4 aromatic carbocycles. The molecule has 43 heavy (non-hydrogen) atoms. The number of halogens is 1. The minimum atomic E-state index is -3.65. The molecular formula is C30H35ClN2O9S. The Balaban J connectivity index is 0.000000545. The lowest BCUT2D eigenvalue weighted by atomic mass is 10.1. The summed E-state index contributed by atoms with van der Waals surface area (Å²) in [7, 11) is -3.65. The lowest BCUT2D eigenvalue weighted by Gasteiger charge is -2.00. The van der Waals surface area contributed by atoms with E-state index in [1.54, 1.807) is 64.1 Å². The third kappa shape index (κ3) is 13.3. The normalized spacial score (nSPS) is 9.81. The van der Waals surface area contributed by atoms with Crippen LogP contribution >= 0.6 is 11.6 Å². The second kappa shape index (κ2) is 17.3. The van der Waals surface area contributed by atoms with Crippen LogP contribution in [0.3, 0.4) is 0 Å². The molecule has 232 valence electrons. The molecule has 0 heterocycles. The zero-order chi connectivity index (χ0) is 32.2. The summed E-state index contributed by atoms with van der Waals surface area (Å²) in [5.74, 6) is -0.435. The number of aromatic carboxylic acids is 1. The number of aryl methyl sites for hydroxylation is 4. The highest BCUT2D eigenvalue weighted by Gasteiger charge is 2.08. The standard InChI is InChI=1S/C8H8O2.C7H7ClO.C7H9NO3S.C7H7NO3.CH4/c1-6-4-2-3-5-7(6)8(9)10;1-5-4-6(8)2-3-7(5)9;1-5-4-6(12(8,10)11)2-3-7(5)9;1-5-4-6(8(10)11)2-3-7(5)9;/h2-5H,1H3,(H,9,10);2-4,9H,1H3;2-4,9H,1H3,(H2,8,10,11);2-4,9H,1H3;1H4. The summed E-state index contributed by atoms with van der Waals surface area (Å²) in [6.45, 7) is 6.80. The number of nitro groups is 1. The highest BCUT2D eigenvalue weighted by atomic mass is 35.5. The highest BCUT2D eigenvalue weighted by Crippen LogP contribution is 2.22. The predicted molar refractivity (Wildman–Crippen MR) is 166 cm³/mol. The fourth-order valence-corrected chi connectivity index (χ4v) is 3.82. The minimum absolute atomic E-state index is 0. The number of sulfonamides is 1. The van der Waals surface area contributed by atoms with Crippen molar-refractivity contribution in [1.82, 2.24) is 0 Å². The van der Waals surface area contributed by atoms with E-state index in [4.69, 9.17) is 37.2 Å². The molecule has 6 N–H and O–H groups in total. The van der Waals surface area contributed by atoms with E-state index in [-0.39, 0.29) is 29.5 Å². The van der Waals surface area contributed by atoms with E-state index in [1.165, 1.54) is 36.4 Å². The maximum absolute atomic E-state index is 10.8. The summed E-state index contributed by atoms with van der Waals surface area (Å²) in [6.07, 6.45) is 0. The number of carbonyl (C=O) groups is 1. The molecule has 0 aliphatic carbocycles. The molecule has 0 unspecified atom stereocenters. The molecule has 0 amide bonds. The first kappa shape index (κ1) is 38.4. The number of nitrogens with two attached hydrogens (primary N) is 1. The van der Waals surface area contributed by atoms with Gasteiger partial charge in [0.25, 0.3) is 5.69 Å². The molecule has 0 aliphatic heterocycles. The summed E-state index contributed by atoms with van der Waals surface area (Å²) in [5, 5.41) is 51.3. The van der Waals surface area contributed by atoms with E-state index in [1.807, 2.05) is 6.07 Å². The van der Waals surface area contributed by atoms with Crippen LogP contribution in [0.25, 0.3) is 0 Å². The van der Waals surface area contributed by atoms with Crippen molar-refractivity contribution in [2.45, 2.75) is 40.0 Å². The number of hydrogen-bond acceptors (Lipinski definition) is 8. The van der Waals surface area contributed by atoms with Crippen LogP contribution in [-0.4, -0.2) is 39.7 Å². The van der Waals surface area contributed by atoms with Gasteiger partial charge in [0.1, 0.15) is 17.2 Å². The number of phenols is 3. The van der Waals surface area contributed by atoms with Crippen molar-refractivity contribution < 1.29 is 38.6 Å². The summed E-state index contributed by atoms with van der Waals surface area (Å²) in [4.78, 5) is 20.1. The average Bonchev–Trinajstić information content (AvgIpc) is 2.90. The number of aromatic hydroxyl groups is 3. The zero-order valence-electron chi connectivity index (χ0n) is 23.1.